The third-order valence-corrected chi connectivity index (χ3v) is 8.89. The van der Waals surface area contributed by atoms with Crippen molar-refractivity contribution >= 4 is 5.78 Å². The van der Waals surface area contributed by atoms with E-state index >= 15 is 0 Å². The molecule has 1 spiro atoms. The van der Waals surface area contributed by atoms with Gasteiger partial charge in [0, 0.05) is 11.8 Å². The average molecular weight is 320 g/mol. The maximum atomic E-state index is 12.5. The predicted molar refractivity (Wildman–Crippen MR) is 88.8 cm³/mol. The molecule has 3 heteroatoms. The maximum absolute atomic E-state index is 12.5. The zero-order chi connectivity index (χ0) is 16.7. The van der Waals surface area contributed by atoms with Crippen molar-refractivity contribution in [3.63, 3.8) is 0 Å². The lowest BCUT2D eigenvalue weighted by Gasteiger charge is -2.63. The predicted octanol–water partition coefficient (Wildman–Crippen LogP) is 3.32. The van der Waals surface area contributed by atoms with E-state index in [1.165, 1.54) is 6.42 Å². The van der Waals surface area contributed by atoms with Crippen molar-refractivity contribution in [2.24, 2.45) is 34.0 Å². The molecule has 0 aliphatic heterocycles. The highest BCUT2D eigenvalue weighted by Gasteiger charge is 2.67. The Hall–Kier alpha value is -0.410. The van der Waals surface area contributed by atoms with Crippen molar-refractivity contribution in [3.8, 4) is 0 Å². The Morgan fingerprint density at radius 2 is 1.83 bits per heavy atom. The molecule has 0 unspecified atom stereocenters. The normalized spacial score (nSPS) is 54.5. The van der Waals surface area contributed by atoms with Crippen molar-refractivity contribution in [1.29, 1.82) is 0 Å². The van der Waals surface area contributed by atoms with Gasteiger partial charge in [0.05, 0.1) is 12.2 Å². The maximum Gasteiger partial charge on any atom is 0.138 e. The summed E-state index contributed by atoms with van der Waals surface area (Å²) in [5.74, 6) is 1.81. The van der Waals surface area contributed by atoms with Crippen molar-refractivity contribution in [3.05, 3.63) is 0 Å². The third-order valence-electron chi connectivity index (χ3n) is 8.89. The van der Waals surface area contributed by atoms with Gasteiger partial charge in [-0.1, -0.05) is 20.8 Å². The van der Waals surface area contributed by atoms with E-state index < -0.39 is 5.60 Å². The number of rotatable bonds is 1. The zero-order valence-corrected chi connectivity index (χ0v) is 14.9. The van der Waals surface area contributed by atoms with E-state index in [1.807, 2.05) is 0 Å². The van der Waals surface area contributed by atoms with Crippen LogP contribution in [-0.4, -0.2) is 28.2 Å². The second-order valence-corrected chi connectivity index (χ2v) is 10.1. The summed E-state index contributed by atoms with van der Waals surface area (Å²) < 4.78 is 0. The fraction of sp³-hybridized carbons (Fsp3) is 0.950. The van der Waals surface area contributed by atoms with Crippen LogP contribution in [0.25, 0.3) is 0 Å². The number of carbonyl (C=O) groups excluding carboxylic acids is 1. The van der Waals surface area contributed by atoms with Gasteiger partial charge in [-0.25, -0.2) is 0 Å². The Balaban J connectivity index is 1.73. The van der Waals surface area contributed by atoms with Crippen LogP contribution in [0.4, 0.5) is 0 Å². The lowest BCUT2D eigenvalue weighted by atomic mass is 9.41. The van der Waals surface area contributed by atoms with Gasteiger partial charge in [-0.05, 0) is 73.5 Å². The van der Waals surface area contributed by atoms with Crippen LogP contribution in [0.2, 0.25) is 0 Å². The zero-order valence-electron chi connectivity index (χ0n) is 14.9. The fourth-order valence-electron chi connectivity index (χ4n) is 7.83. The molecule has 4 aliphatic carbocycles. The first kappa shape index (κ1) is 16.1. The molecule has 0 heterocycles. The summed E-state index contributed by atoms with van der Waals surface area (Å²) >= 11 is 0. The number of fused-ring (bicyclic) bond motifs is 3. The van der Waals surface area contributed by atoms with E-state index in [0.29, 0.717) is 17.6 Å². The molecule has 0 aromatic carbocycles. The van der Waals surface area contributed by atoms with Crippen LogP contribution in [0.3, 0.4) is 0 Å². The molecule has 0 amide bonds. The van der Waals surface area contributed by atoms with E-state index in [1.54, 1.807) is 0 Å². The van der Waals surface area contributed by atoms with Crippen LogP contribution in [0, 0.1) is 34.0 Å². The summed E-state index contributed by atoms with van der Waals surface area (Å²) in [5, 5.41) is 20.7. The summed E-state index contributed by atoms with van der Waals surface area (Å²) in [6.07, 6.45) is 8.07. The lowest BCUT2D eigenvalue weighted by molar-refractivity contribution is -0.165. The van der Waals surface area contributed by atoms with Gasteiger partial charge in [0.25, 0.3) is 0 Å². The topological polar surface area (TPSA) is 57.5 Å². The SMILES string of the molecule is CC1(C)C(=O)CC[C@@]2(C)[C@H]1CC[C@@]13C[C@@H](CC[C@@H]12)[C@](O)(CO)C3. The number of aliphatic hydroxyl groups excluding tert-OH is 1. The minimum absolute atomic E-state index is 0.0870. The molecule has 0 aromatic rings. The van der Waals surface area contributed by atoms with E-state index in [-0.39, 0.29) is 28.8 Å². The number of ketones is 1. The molecule has 130 valence electrons. The van der Waals surface area contributed by atoms with Crippen molar-refractivity contribution in [2.75, 3.05) is 6.61 Å². The number of hydrogen-bond acceptors (Lipinski definition) is 3. The standard InChI is InChI=1S/C20H32O3/c1-17(2)14-6-9-19-10-13(20(23,11-19)12-21)4-5-15(19)18(14,3)8-7-16(17)22/h13-15,21,23H,4-12H2,1-3H3/t13-,14+,15-,18+,19+,20-/m1/s1. The van der Waals surface area contributed by atoms with Gasteiger partial charge in [0.15, 0.2) is 0 Å². The third kappa shape index (κ3) is 1.87. The summed E-state index contributed by atoms with van der Waals surface area (Å²) in [4.78, 5) is 12.5. The Labute approximate surface area is 139 Å². The van der Waals surface area contributed by atoms with Gasteiger partial charge in [-0.15, -0.1) is 0 Å². The molecule has 4 saturated carbocycles. The van der Waals surface area contributed by atoms with E-state index in [0.717, 1.165) is 44.9 Å². The van der Waals surface area contributed by atoms with Crippen LogP contribution >= 0.6 is 0 Å². The summed E-state index contributed by atoms with van der Waals surface area (Å²) in [5.41, 5.74) is -0.612. The number of carbonyl (C=O) groups is 1. The smallest absolute Gasteiger partial charge is 0.138 e. The van der Waals surface area contributed by atoms with Crippen LogP contribution in [-0.2, 0) is 4.79 Å². The Bertz CT molecular complexity index is 541. The lowest BCUT2D eigenvalue weighted by Crippen LogP contribution is -2.58. The molecule has 23 heavy (non-hydrogen) atoms. The number of aliphatic hydroxyl groups is 2. The largest absolute Gasteiger partial charge is 0.393 e. The van der Waals surface area contributed by atoms with Gasteiger partial charge < -0.3 is 10.2 Å². The van der Waals surface area contributed by atoms with Gasteiger partial charge in [0.2, 0.25) is 0 Å². The highest BCUT2D eigenvalue weighted by atomic mass is 16.3. The van der Waals surface area contributed by atoms with Crippen molar-refractivity contribution in [2.45, 2.75) is 77.7 Å². The molecule has 3 nitrogen and oxygen atoms in total. The second-order valence-electron chi connectivity index (χ2n) is 10.1. The molecule has 6 atom stereocenters. The van der Waals surface area contributed by atoms with Gasteiger partial charge in [-0.2, -0.15) is 0 Å². The molecule has 2 N–H and O–H groups in total. The molecule has 4 rings (SSSR count). The van der Waals surface area contributed by atoms with Gasteiger partial charge in [-0.3, -0.25) is 4.79 Å². The van der Waals surface area contributed by atoms with Crippen molar-refractivity contribution in [1.82, 2.24) is 0 Å². The van der Waals surface area contributed by atoms with Crippen LogP contribution in [0.15, 0.2) is 0 Å². The van der Waals surface area contributed by atoms with E-state index in [2.05, 4.69) is 20.8 Å². The van der Waals surface area contributed by atoms with Gasteiger partial charge in [0.1, 0.15) is 5.78 Å². The molecular weight excluding hydrogens is 288 g/mol. The van der Waals surface area contributed by atoms with Crippen LogP contribution < -0.4 is 0 Å². The highest BCUT2D eigenvalue weighted by molar-refractivity contribution is 5.85. The monoisotopic (exact) mass is 320 g/mol. The minimum atomic E-state index is -0.849. The van der Waals surface area contributed by atoms with Crippen molar-refractivity contribution < 1.29 is 15.0 Å². The first-order chi connectivity index (χ1) is 10.7. The fourth-order valence-corrected chi connectivity index (χ4v) is 7.83. The highest BCUT2D eigenvalue weighted by Crippen LogP contribution is 2.72. The minimum Gasteiger partial charge on any atom is -0.393 e. The second kappa shape index (κ2) is 4.60. The molecule has 2 bridgehead atoms. The molecular formula is C20H32O3. The molecule has 4 fully saturated rings. The summed E-state index contributed by atoms with van der Waals surface area (Å²) in [6, 6.07) is 0. The number of hydrogen-bond donors (Lipinski definition) is 2. The quantitative estimate of drug-likeness (QED) is 0.779. The Morgan fingerprint density at radius 3 is 2.52 bits per heavy atom. The molecule has 4 aliphatic rings. The Kier molecular flexibility index (Phi) is 3.22. The van der Waals surface area contributed by atoms with E-state index in [4.69, 9.17) is 0 Å². The molecule has 0 saturated heterocycles. The van der Waals surface area contributed by atoms with Gasteiger partial charge >= 0.3 is 0 Å². The summed E-state index contributed by atoms with van der Waals surface area (Å²) in [7, 11) is 0. The summed E-state index contributed by atoms with van der Waals surface area (Å²) in [6.45, 7) is 6.68. The number of Topliss-reactive ketones (excluding diaryl/α,β-unsaturated/α-hetero) is 1. The average Bonchev–Trinajstić information content (AvgIpc) is 2.70. The first-order valence-electron chi connectivity index (χ1n) is 9.55. The first-order valence-corrected chi connectivity index (χ1v) is 9.55. The van der Waals surface area contributed by atoms with Crippen LogP contribution in [0.5, 0.6) is 0 Å². The Morgan fingerprint density at radius 1 is 1.09 bits per heavy atom. The van der Waals surface area contributed by atoms with Crippen LogP contribution in [0.1, 0.15) is 72.1 Å². The molecule has 0 aromatic heterocycles. The van der Waals surface area contributed by atoms with E-state index in [9.17, 15) is 15.0 Å². The molecule has 0 radical (unpaired) electrons.